The minimum Gasteiger partial charge on any atom is -0.550 e. The van der Waals surface area contributed by atoms with Gasteiger partial charge in [0.1, 0.15) is 0 Å². The third-order valence-electron chi connectivity index (χ3n) is 1.99. The quantitative estimate of drug-likeness (QED) is 0.690. The van der Waals surface area contributed by atoms with E-state index in [9.17, 15) is 19.5 Å². The Morgan fingerprint density at radius 1 is 1.42 bits per heavy atom. The smallest absolute Gasteiger partial charge is 0.311 e. The lowest BCUT2D eigenvalue weighted by Crippen LogP contribution is -2.24. The number of hydrogen-bond acceptors (Lipinski definition) is 7. The van der Waals surface area contributed by atoms with Crippen LogP contribution in [-0.4, -0.2) is 29.4 Å². The average Bonchev–Trinajstić information content (AvgIpc) is 2.74. The number of anilines is 1. The van der Waals surface area contributed by atoms with Gasteiger partial charge >= 0.3 is 5.97 Å². The number of aromatic nitrogens is 1. The van der Waals surface area contributed by atoms with E-state index in [-0.39, 0.29) is 25.2 Å². The van der Waals surface area contributed by atoms with Gasteiger partial charge in [0.05, 0.1) is 18.7 Å². The number of amides is 1. The molecule has 1 aromatic heterocycles. The van der Waals surface area contributed by atoms with Crippen LogP contribution in [0.3, 0.4) is 0 Å². The number of nitrogens with zero attached hydrogens (tertiary/aromatic N) is 1. The summed E-state index contributed by atoms with van der Waals surface area (Å²) in [5.41, 5.74) is 0.499. The van der Waals surface area contributed by atoms with Gasteiger partial charge in [-0.05, 0) is 13.3 Å². The maximum Gasteiger partial charge on any atom is 0.311 e. The van der Waals surface area contributed by atoms with Gasteiger partial charge in [0.15, 0.2) is 5.13 Å². The fourth-order valence-electron chi connectivity index (χ4n) is 1.20. The number of hydrogen-bond donors (Lipinski definition) is 1. The number of carboxylic acids is 1. The molecule has 8 heteroatoms. The first-order valence-electron chi connectivity index (χ1n) is 5.61. The maximum atomic E-state index is 11.3. The molecule has 0 radical (unpaired) electrons. The molecule has 104 valence electrons. The van der Waals surface area contributed by atoms with Crippen LogP contribution in [0.4, 0.5) is 5.13 Å². The van der Waals surface area contributed by atoms with E-state index in [1.807, 2.05) is 0 Å². The zero-order valence-electron chi connectivity index (χ0n) is 10.3. The third kappa shape index (κ3) is 5.96. The molecule has 0 bridgehead atoms. The molecule has 0 aliphatic carbocycles. The number of nitrogens with one attached hydrogen (secondary N) is 1. The van der Waals surface area contributed by atoms with E-state index < -0.39 is 11.9 Å². The van der Waals surface area contributed by atoms with Crippen molar-refractivity contribution < 1.29 is 24.2 Å². The van der Waals surface area contributed by atoms with Crippen molar-refractivity contribution >= 4 is 34.3 Å². The largest absolute Gasteiger partial charge is 0.550 e. The minimum atomic E-state index is -1.28. The van der Waals surface area contributed by atoms with E-state index in [1.54, 1.807) is 12.3 Å². The van der Waals surface area contributed by atoms with Crippen molar-refractivity contribution in [2.45, 2.75) is 26.2 Å². The fraction of sp³-hybridized carbons (Fsp3) is 0.455. The average molecular weight is 285 g/mol. The second-order valence-electron chi connectivity index (χ2n) is 3.55. The van der Waals surface area contributed by atoms with Crippen molar-refractivity contribution in [1.82, 2.24) is 4.98 Å². The SMILES string of the molecule is CCOC(=O)Cc1csc(NC(=O)CCC(=O)[O-])n1. The van der Waals surface area contributed by atoms with Crippen molar-refractivity contribution in [3.05, 3.63) is 11.1 Å². The molecule has 0 atom stereocenters. The Morgan fingerprint density at radius 3 is 2.79 bits per heavy atom. The molecule has 7 nitrogen and oxygen atoms in total. The van der Waals surface area contributed by atoms with Crippen molar-refractivity contribution in [1.29, 1.82) is 0 Å². The van der Waals surface area contributed by atoms with Gasteiger partial charge in [0.2, 0.25) is 5.91 Å². The second-order valence-corrected chi connectivity index (χ2v) is 4.40. The first-order valence-corrected chi connectivity index (χ1v) is 6.49. The summed E-state index contributed by atoms with van der Waals surface area (Å²) in [7, 11) is 0. The van der Waals surface area contributed by atoms with Gasteiger partial charge in [-0.3, -0.25) is 9.59 Å². The summed E-state index contributed by atoms with van der Waals surface area (Å²) in [6.07, 6.45) is -0.471. The van der Waals surface area contributed by atoms with Gasteiger partial charge in [0, 0.05) is 17.8 Å². The van der Waals surface area contributed by atoms with Crippen LogP contribution in [0.2, 0.25) is 0 Å². The Morgan fingerprint density at radius 2 is 2.16 bits per heavy atom. The molecular formula is C11H13N2O5S-. The van der Waals surface area contributed by atoms with Crippen LogP contribution in [0.25, 0.3) is 0 Å². The molecule has 0 unspecified atom stereocenters. The molecule has 0 spiro atoms. The Balaban J connectivity index is 2.44. The summed E-state index contributed by atoms with van der Waals surface area (Å²) in [6, 6.07) is 0. The fourth-order valence-corrected chi connectivity index (χ4v) is 1.93. The highest BCUT2D eigenvalue weighted by atomic mass is 32.1. The van der Waals surface area contributed by atoms with Crippen LogP contribution >= 0.6 is 11.3 Å². The zero-order valence-corrected chi connectivity index (χ0v) is 11.1. The highest BCUT2D eigenvalue weighted by molar-refractivity contribution is 7.13. The normalized spacial score (nSPS) is 9.95. The lowest BCUT2D eigenvalue weighted by Gasteiger charge is -2.02. The number of carboxylic acid groups (broad SMARTS) is 1. The van der Waals surface area contributed by atoms with Crippen molar-refractivity contribution in [2.24, 2.45) is 0 Å². The number of ether oxygens (including phenoxy) is 1. The van der Waals surface area contributed by atoms with Crippen LogP contribution in [0.5, 0.6) is 0 Å². The maximum absolute atomic E-state index is 11.3. The number of rotatable bonds is 7. The Labute approximate surface area is 113 Å². The number of thiazole rings is 1. The van der Waals surface area contributed by atoms with Crippen LogP contribution in [0.15, 0.2) is 5.38 Å². The van der Waals surface area contributed by atoms with Gasteiger partial charge in [0.25, 0.3) is 0 Å². The highest BCUT2D eigenvalue weighted by Gasteiger charge is 2.10. The summed E-state index contributed by atoms with van der Waals surface area (Å²) >= 11 is 1.16. The van der Waals surface area contributed by atoms with Crippen LogP contribution in [0.1, 0.15) is 25.5 Å². The van der Waals surface area contributed by atoms with Crippen molar-refractivity contribution in [3.8, 4) is 0 Å². The summed E-state index contributed by atoms with van der Waals surface area (Å²) in [5.74, 6) is -2.12. The first kappa shape index (κ1) is 15.1. The molecule has 0 saturated carbocycles. The van der Waals surface area contributed by atoms with Gasteiger partial charge in [-0.15, -0.1) is 11.3 Å². The van der Waals surface area contributed by atoms with E-state index in [0.29, 0.717) is 17.4 Å². The molecule has 1 N–H and O–H groups in total. The molecule has 0 aliphatic rings. The lowest BCUT2D eigenvalue weighted by atomic mass is 10.3. The molecule has 19 heavy (non-hydrogen) atoms. The van der Waals surface area contributed by atoms with Crippen LogP contribution < -0.4 is 10.4 Å². The Bertz CT molecular complexity index is 471. The molecule has 0 fully saturated rings. The van der Waals surface area contributed by atoms with E-state index >= 15 is 0 Å². The third-order valence-corrected chi connectivity index (χ3v) is 2.79. The topological polar surface area (TPSA) is 108 Å². The van der Waals surface area contributed by atoms with Gasteiger partial charge in [-0.1, -0.05) is 0 Å². The van der Waals surface area contributed by atoms with Gasteiger partial charge < -0.3 is 20.0 Å². The molecule has 0 aliphatic heterocycles. The van der Waals surface area contributed by atoms with Crippen molar-refractivity contribution in [3.63, 3.8) is 0 Å². The summed E-state index contributed by atoms with van der Waals surface area (Å²) in [4.78, 5) is 36.7. The van der Waals surface area contributed by atoms with E-state index in [4.69, 9.17) is 4.74 Å². The number of carbonyl (C=O) groups is 3. The first-order chi connectivity index (χ1) is 9.01. The minimum absolute atomic E-state index is 0.0409. The van der Waals surface area contributed by atoms with Crippen LogP contribution in [-0.2, 0) is 25.5 Å². The standard InChI is InChI=1S/C11H14N2O5S/c1-2-18-10(17)5-7-6-19-11(12-7)13-8(14)3-4-9(15)16/h6H,2-5H2,1H3,(H,15,16)(H,12,13,14)/p-1. The zero-order chi connectivity index (χ0) is 14.3. The molecule has 1 amide bonds. The van der Waals surface area contributed by atoms with Gasteiger partial charge in [-0.2, -0.15) is 0 Å². The Hall–Kier alpha value is -1.96. The molecule has 0 aromatic carbocycles. The van der Waals surface area contributed by atoms with E-state index in [2.05, 4.69) is 10.3 Å². The van der Waals surface area contributed by atoms with Gasteiger partial charge in [-0.25, -0.2) is 4.98 Å². The molecule has 1 rings (SSSR count). The Kier molecular flexibility index (Phi) is 5.94. The lowest BCUT2D eigenvalue weighted by molar-refractivity contribution is -0.305. The monoisotopic (exact) mass is 285 g/mol. The number of aliphatic carboxylic acids is 1. The van der Waals surface area contributed by atoms with Crippen molar-refractivity contribution in [2.75, 3.05) is 11.9 Å². The summed E-state index contributed by atoms with van der Waals surface area (Å²) in [6.45, 7) is 2.01. The highest BCUT2D eigenvalue weighted by Crippen LogP contribution is 2.16. The second kappa shape index (κ2) is 7.47. The number of esters is 1. The molecule has 1 heterocycles. The number of carbonyl (C=O) groups excluding carboxylic acids is 3. The predicted octanol–water partition coefficient (Wildman–Crippen LogP) is -0.283. The predicted molar refractivity (Wildman–Crippen MR) is 65.3 cm³/mol. The summed E-state index contributed by atoms with van der Waals surface area (Å²) in [5, 5.41) is 14.6. The molecular weight excluding hydrogens is 272 g/mol. The van der Waals surface area contributed by atoms with Crippen LogP contribution in [0, 0.1) is 0 Å². The molecule has 1 aromatic rings. The molecule has 0 saturated heterocycles. The summed E-state index contributed by atoms with van der Waals surface area (Å²) < 4.78 is 4.77. The van der Waals surface area contributed by atoms with E-state index in [1.165, 1.54) is 0 Å². The van der Waals surface area contributed by atoms with E-state index in [0.717, 1.165) is 11.3 Å².